The minimum atomic E-state index is -3.59. The second-order valence-corrected chi connectivity index (χ2v) is 11.9. The van der Waals surface area contributed by atoms with Crippen molar-refractivity contribution in [3.8, 4) is 11.4 Å². The van der Waals surface area contributed by atoms with Crippen LogP contribution in [-0.2, 0) is 10.0 Å². The molecular weight excluding hydrogens is 562 g/mol. The fourth-order valence-corrected chi connectivity index (χ4v) is 6.29. The number of nitrogens with zero attached hydrogens (tertiary/aromatic N) is 3. The minimum absolute atomic E-state index is 0.186. The largest absolute Gasteiger partial charge is 0.495 e. The van der Waals surface area contributed by atoms with Crippen molar-refractivity contribution in [3.05, 3.63) is 101 Å². The molecule has 41 heavy (non-hydrogen) atoms. The number of ether oxygens (including phenoxy) is 1. The predicted octanol–water partition coefficient (Wildman–Crippen LogP) is 4.74. The number of carboxylic acids is 1. The summed E-state index contributed by atoms with van der Waals surface area (Å²) >= 11 is 5.85. The van der Waals surface area contributed by atoms with Gasteiger partial charge in [0.2, 0.25) is 10.0 Å². The molecule has 0 aliphatic carbocycles. The van der Waals surface area contributed by atoms with Crippen LogP contribution in [0.1, 0.15) is 45.1 Å². The Hall–Kier alpha value is -4.42. The van der Waals surface area contributed by atoms with Crippen molar-refractivity contribution in [2.45, 2.75) is 25.9 Å². The van der Waals surface area contributed by atoms with Crippen LogP contribution in [-0.4, -0.2) is 47.5 Å². The average Bonchev–Trinajstić information content (AvgIpc) is 3.42. The highest BCUT2D eigenvalue weighted by Crippen LogP contribution is 2.45. The van der Waals surface area contributed by atoms with Gasteiger partial charge in [0.1, 0.15) is 5.75 Å². The predicted molar refractivity (Wildman–Crippen MR) is 162 cm³/mol. The van der Waals surface area contributed by atoms with E-state index in [2.05, 4.69) is 15.0 Å². The first-order chi connectivity index (χ1) is 19.5. The maximum absolute atomic E-state index is 12.1. The van der Waals surface area contributed by atoms with Crippen LogP contribution in [0.4, 0.5) is 11.4 Å². The van der Waals surface area contributed by atoms with Crippen LogP contribution in [0, 0.1) is 13.8 Å². The van der Waals surface area contributed by atoms with Gasteiger partial charge in [0.15, 0.2) is 5.11 Å². The molecule has 1 aliphatic rings. The van der Waals surface area contributed by atoms with Crippen molar-refractivity contribution in [2.24, 2.45) is 0 Å². The minimum Gasteiger partial charge on any atom is -0.495 e. The molecule has 1 saturated heterocycles. The van der Waals surface area contributed by atoms with Crippen LogP contribution in [0.15, 0.2) is 72.9 Å². The first-order valence-corrected chi connectivity index (χ1v) is 15.0. The number of aromatic carboxylic acids is 1. The number of methoxy groups -OCH3 is 1. The summed E-state index contributed by atoms with van der Waals surface area (Å²) < 4.78 is 34.1. The van der Waals surface area contributed by atoms with E-state index in [1.54, 1.807) is 36.5 Å². The van der Waals surface area contributed by atoms with E-state index in [0.717, 1.165) is 28.9 Å². The quantitative estimate of drug-likeness (QED) is 0.249. The van der Waals surface area contributed by atoms with E-state index >= 15 is 0 Å². The van der Waals surface area contributed by atoms with Crippen LogP contribution in [0.5, 0.6) is 5.75 Å². The zero-order chi connectivity index (χ0) is 29.5. The Morgan fingerprint density at radius 3 is 2.49 bits per heavy atom. The summed E-state index contributed by atoms with van der Waals surface area (Å²) in [6, 6.07) is 19.0. The number of nitrogens with one attached hydrogen (secondary N) is 2. The first kappa shape index (κ1) is 28.1. The molecule has 0 radical (unpaired) electrons. The molecule has 0 spiro atoms. The van der Waals surface area contributed by atoms with Crippen molar-refractivity contribution >= 4 is 44.7 Å². The third-order valence-electron chi connectivity index (χ3n) is 7.02. The highest BCUT2D eigenvalue weighted by Gasteiger charge is 2.42. The van der Waals surface area contributed by atoms with Crippen molar-refractivity contribution in [1.29, 1.82) is 0 Å². The molecule has 5 rings (SSSR count). The van der Waals surface area contributed by atoms with E-state index in [0.29, 0.717) is 22.2 Å². The fraction of sp³-hybridized carbons (Fsp3) is 0.207. The molecule has 1 aliphatic heterocycles. The molecule has 1 fully saturated rings. The van der Waals surface area contributed by atoms with Crippen molar-refractivity contribution in [1.82, 2.24) is 14.9 Å². The third-order valence-corrected chi connectivity index (χ3v) is 7.92. The number of sulfonamides is 1. The number of carboxylic acid groups (broad SMARTS) is 1. The SMILES string of the molecule is COc1ccc(N2C(=S)NC(c3ccccn3)C2c2cc(C)n(-c3ccccc3C(=O)O)c2C)cc1NS(C)(=O)=O. The van der Waals surface area contributed by atoms with Crippen molar-refractivity contribution < 1.29 is 23.1 Å². The zero-order valence-corrected chi connectivity index (χ0v) is 24.5. The Bertz CT molecular complexity index is 1750. The Kier molecular flexibility index (Phi) is 7.45. The highest BCUT2D eigenvalue weighted by molar-refractivity contribution is 7.92. The van der Waals surface area contributed by atoms with Gasteiger partial charge in [-0.15, -0.1) is 0 Å². The van der Waals surface area contributed by atoms with Crippen molar-refractivity contribution in [2.75, 3.05) is 23.0 Å². The van der Waals surface area contributed by atoms with Gasteiger partial charge in [-0.2, -0.15) is 0 Å². The number of anilines is 2. The number of aryl methyl sites for hydroxylation is 1. The molecule has 0 saturated carbocycles. The molecule has 3 N–H and O–H groups in total. The molecule has 2 unspecified atom stereocenters. The van der Waals surface area contributed by atoms with E-state index in [4.69, 9.17) is 17.0 Å². The Morgan fingerprint density at radius 1 is 1.10 bits per heavy atom. The Balaban J connectivity index is 1.71. The van der Waals surface area contributed by atoms with E-state index < -0.39 is 22.0 Å². The number of carbonyl (C=O) groups is 1. The molecule has 12 heteroatoms. The number of para-hydroxylation sites is 1. The van der Waals surface area contributed by atoms with Crippen LogP contribution >= 0.6 is 12.2 Å². The summed E-state index contributed by atoms with van der Waals surface area (Å²) in [6.45, 7) is 3.87. The molecule has 0 amide bonds. The normalized spacial score (nSPS) is 16.9. The number of hydrogen-bond donors (Lipinski definition) is 3. The lowest BCUT2D eigenvalue weighted by molar-refractivity contribution is 0.0697. The van der Waals surface area contributed by atoms with Gasteiger partial charge in [-0.3, -0.25) is 9.71 Å². The molecule has 4 aromatic rings. The lowest BCUT2D eigenvalue weighted by Gasteiger charge is -2.29. The molecular formula is C29H29N5O5S2. The van der Waals surface area contributed by atoms with Gasteiger partial charge in [0.25, 0.3) is 0 Å². The molecule has 2 aromatic heterocycles. The van der Waals surface area contributed by atoms with E-state index in [1.807, 2.05) is 59.7 Å². The van der Waals surface area contributed by atoms with Gasteiger partial charge in [-0.1, -0.05) is 18.2 Å². The zero-order valence-electron chi connectivity index (χ0n) is 22.8. The maximum Gasteiger partial charge on any atom is 0.337 e. The number of benzene rings is 2. The van der Waals surface area contributed by atoms with Crippen LogP contribution < -0.4 is 19.7 Å². The number of aromatic nitrogens is 2. The van der Waals surface area contributed by atoms with Crippen LogP contribution in [0.25, 0.3) is 5.69 Å². The highest BCUT2D eigenvalue weighted by atomic mass is 32.2. The van der Waals surface area contributed by atoms with Gasteiger partial charge in [0, 0.05) is 23.3 Å². The molecule has 10 nitrogen and oxygen atoms in total. The Morgan fingerprint density at radius 2 is 1.83 bits per heavy atom. The fourth-order valence-electron chi connectivity index (χ4n) is 5.38. The van der Waals surface area contributed by atoms with E-state index in [1.165, 1.54) is 7.11 Å². The summed E-state index contributed by atoms with van der Waals surface area (Å²) in [5.41, 5.74) is 5.00. The van der Waals surface area contributed by atoms with Gasteiger partial charge in [0.05, 0.1) is 48.1 Å². The molecule has 2 atom stereocenters. The summed E-state index contributed by atoms with van der Waals surface area (Å²) in [5, 5.41) is 13.7. The number of pyridine rings is 1. The molecule has 3 heterocycles. The van der Waals surface area contributed by atoms with E-state index in [-0.39, 0.29) is 17.3 Å². The van der Waals surface area contributed by atoms with Crippen LogP contribution in [0.3, 0.4) is 0 Å². The van der Waals surface area contributed by atoms with Crippen LogP contribution in [0.2, 0.25) is 0 Å². The van der Waals surface area contributed by atoms with Gasteiger partial charge in [-0.05, 0) is 80.2 Å². The number of thiocarbonyl (C=S) groups is 1. The maximum atomic E-state index is 12.1. The van der Waals surface area contributed by atoms with Gasteiger partial charge in [-0.25, -0.2) is 13.2 Å². The second kappa shape index (κ2) is 10.9. The lowest BCUT2D eigenvalue weighted by Crippen LogP contribution is -2.29. The topological polar surface area (TPSA) is 126 Å². The standard InChI is InChI=1S/C29H29N5O5S2/c1-17-15-21(18(2)33(17)24-11-6-5-9-20(24)28(35)36)27-26(22-10-7-8-14-30-22)31-29(40)34(27)19-12-13-25(39-3)23(16-19)32-41(4,37)38/h5-16,26-27,32H,1-4H3,(H,31,40)(H,35,36). The molecule has 212 valence electrons. The van der Waals surface area contributed by atoms with Gasteiger partial charge >= 0.3 is 5.97 Å². The summed E-state index contributed by atoms with van der Waals surface area (Å²) in [4.78, 5) is 18.6. The summed E-state index contributed by atoms with van der Waals surface area (Å²) in [6.07, 6.45) is 2.79. The summed E-state index contributed by atoms with van der Waals surface area (Å²) in [5.74, 6) is -0.658. The lowest BCUT2D eigenvalue weighted by atomic mass is 9.96. The third kappa shape index (κ3) is 5.35. The molecule has 2 aromatic carbocycles. The van der Waals surface area contributed by atoms with Crippen molar-refractivity contribution in [3.63, 3.8) is 0 Å². The Labute approximate surface area is 243 Å². The molecule has 0 bridgehead atoms. The number of hydrogen-bond acceptors (Lipinski definition) is 6. The summed E-state index contributed by atoms with van der Waals surface area (Å²) in [7, 11) is -2.13. The van der Waals surface area contributed by atoms with Gasteiger partial charge < -0.3 is 24.6 Å². The average molecular weight is 592 g/mol. The number of rotatable bonds is 8. The van der Waals surface area contributed by atoms with E-state index in [9.17, 15) is 18.3 Å². The second-order valence-electron chi connectivity index (χ2n) is 9.74. The smallest absolute Gasteiger partial charge is 0.337 e. The first-order valence-electron chi connectivity index (χ1n) is 12.7. The monoisotopic (exact) mass is 591 g/mol.